The number of quaternary nitrogens is 1. The van der Waals surface area contributed by atoms with Crippen LogP contribution in [-0.4, -0.2) is 32.2 Å². The van der Waals surface area contributed by atoms with Crippen molar-refractivity contribution in [3.05, 3.63) is 18.3 Å². The van der Waals surface area contributed by atoms with Gasteiger partial charge in [0, 0.05) is 12.1 Å². The third-order valence-electron chi connectivity index (χ3n) is 2.45. The number of methoxy groups -OCH3 is 1. The van der Waals surface area contributed by atoms with E-state index in [0.717, 1.165) is 4.48 Å². The average molecular weight is 165 g/mol. The quantitative estimate of drug-likeness (QED) is 0.482. The summed E-state index contributed by atoms with van der Waals surface area (Å²) in [6, 6.07) is 4.00. The van der Waals surface area contributed by atoms with Crippen LogP contribution < -0.4 is 9.22 Å². The van der Waals surface area contributed by atoms with E-state index in [1.807, 2.05) is 12.3 Å². The summed E-state index contributed by atoms with van der Waals surface area (Å²) >= 11 is 0. The van der Waals surface area contributed by atoms with Crippen molar-refractivity contribution in [3.63, 3.8) is 0 Å². The van der Waals surface area contributed by atoms with Crippen LogP contribution in [0.1, 0.15) is 0 Å². The number of ether oxygens (including phenoxy) is 1. The minimum absolute atomic E-state index is 0.687. The largest absolute Gasteiger partial charge is 0.481 e. The molecule has 1 aromatic heterocycles. The van der Waals surface area contributed by atoms with Crippen LogP contribution in [0.4, 0.5) is 5.69 Å². The van der Waals surface area contributed by atoms with Crippen LogP contribution >= 0.6 is 0 Å². The first-order valence-electron chi connectivity index (χ1n) is 4.10. The van der Waals surface area contributed by atoms with E-state index in [4.69, 9.17) is 4.74 Å². The zero-order valence-electron chi connectivity index (χ0n) is 7.45. The summed E-state index contributed by atoms with van der Waals surface area (Å²) in [6.45, 7) is 2.46. The number of hydrogen-bond donors (Lipinski definition) is 0. The molecule has 2 heterocycles. The van der Waals surface area contributed by atoms with Gasteiger partial charge in [-0.25, -0.2) is 4.98 Å². The molecule has 1 aromatic rings. The molecule has 0 N–H and O–H groups in total. The van der Waals surface area contributed by atoms with Gasteiger partial charge in [-0.2, -0.15) is 0 Å². The van der Waals surface area contributed by atoms with Crippen LogP contribution in [0.25, 0.3) is 0 Å². The highest BCUT2D eigenvalue weighted by Gasteiger charge is 2.39. The second-order valence-electron chi connectivity index (χ2n) is 3.40. The van der Waals surface area contributed by atoms with Gasteiger partial charge in [-0.3, -0.25) is 4.48 Å². The molecule has 12 heavy (non-hydrogen) atoms. The highest BCUT2D eigenvalue weighted by molar-refractivity contribution is 5.45. The fourth-order valence-corrected chi connectivity index (χ4v) is 1.22. The van der Waals surface area contributed by atoms with Crippen molar-refractivity contribution >= 4 is 5.69 Å². The number of likely N-dealkylation sites (N-methyl/N-ethyl adjacent to an activating group) is 1. The van der Waals surface area contributed by atoms with Crippen molar-refractivity contribution in [1.82, 2.24) is 9.47 Å². The van der Waals surface area contributed by atoms with Crippen molar-refractivity contribution in [2.75, 3.05) is 27.2 Å². The minimum atomic E-state index is 0.687. The number of hydrogen-bond acceptors (Lipinski definition) is 2. The van der Waals surface area contributed by atoms with Gasteiger partial charge in [-0.15, -0.1) is 0 Å². The van der Waals surface area contributed by atoms with Crippen molar-refractivity contribution in [2.24, 2.45) is 0 Å². The van der Waals surface area contributed by atoms with E-state index < -0.39 is 0 Å². The van der Waals surface area contributed by atoms with Gasteiger partial charge in [-0.05, 0) is 0 Å². The minimum Gasteiger partial charge on any atom is -0.481 e. The fraction of sp³-hybridized carbons (Fsp3) is 0.444. The summed E-state index contributed by atoms with van der Waals surface area (Å²) in [5.74, 6) is 0.687. The van der Waals surface area contributed by atoms with Crippen molar-refractivity contribution in [2.45, 2.75) is 0 Å². The van der Waals surface area contributed by atoms with E-state index >= 15 is 0 Å². The predicted octanol–water partition coefficient (Wildman–Crippen LogP) is 1.04. The van der Waals surface area contributed by atoms with Gasteiger partial charge in [0.25, 0.3) is 0 Å². The maximum Gasteiger partial charge on any atom is 0.213 e. The predicted molar refractivity (Wildman–Crippen MR) is 48.2 cm³/mol. The van der Waals surface area contributed by atoms with Crippen LogP contribution in [-0.2, 0) is 0 Å². The molecule has 64 valence electrons. The Labute approximate surface area is 72.2 Å². The summed E-state index contributed by atoms with van der Waals surface area (Å²) in [4.78, 5) is 4.17. The van der Waals surface area contributed by atoms with Crippen molar-refractivity contribution in [1.29, 1.82) is 0 Å². The molecule has 0 atom stereocenters. The van der Waals surface area contributed by atoms with E-state index in [1.54, 1.807) is 7.11 Å². The zero-order valence-corrected chi connectivity index (χ0v) is 7.45. The summed E-state index contributed by atoms with van der Waals surface area (Å²) in [6.07, 6.45) is 1.89. The summed E-state index contributed by atoms with van der Waals surface area (Å²) in [7, 11) is 3.85. The second-order valence-corrected chi connectivity index (χ2v) is 3.40. The molecule has 2 rings (SSSR count). The van der Waals surface area contributed by atoms with Crippen molar-refractivity contribution in [3.8, 4) is 5.88 Å². The van der Waals surface area contributed by atoms with Crippen LogP contribution in [0.15, 0.2) is 18.3 Å². The first-order chi connectivity index (χ1) is 5.74. The molecule has 0 saturated carbocycles. The molecular weight excluding hydrogens is 152 g/mol. The third-order valence-corrected chi connectivity index (χ3v) is 2.45. The monoisotopic (exact) mass is 165 g/mol. The lowest BCUT2D eigenvalue weighted by molar-refractivity contribution is 0.397. The fourth-order valence-electron chi connectivity index (χ4n) is 1.22. The van der Waals surface area contributed by atoms with E-state index in [0.29, 0.717) is 5.88 Å². The Bertz CT molecular complexity index is 277. The van der Waals surface area contributed by atoms with Gasteiger partial charge in [-0.1, -0.05) is 0 Å². The molecule has 3 heteroatoms. The Kier molecular flexibility index (Phi) is 1.54. The first kappa shape index (κ1) is 7.55. The number of aromatic nitrogens is 1. The Balaban J connectivity index is 2.25. The maximum atomic E-state index is 4.98. The standard InChI is InChI=1S/C9H13N2O/c1-11(5-6-11)8-3-4-9(12-2)10-7-8/h3-4,7H,5-6H2,1-2H3/q+1. The van der Waals surface area contributed by atoms with Gasteiger partial charge < -0.3 is 4.74 Å². The van der Waals surface area contributed by atoms with Crippen LogP contribution in [0.3, 0.4) is 0 Å². The molecule has 0 radical (unpaired) electrons. The SMILES string of the molecule is COc1ccc([N+]2(C)CC2)cn1. The molecule has 1 aliphatic heterocycles. The normalized spacial score (nSPS) is 18.8. The molecule has 0 aliphatic carbocycles. The summed E-state index contributed by atoms with van der Waals surface area (Å²) in [5, 5.41) is 0. The van der Waals surface area contributed by atoms with E-state index in [9.17, 15) is 0 Å². The highest BCUT2D eigenvalue weighted by atomic mass is 16.5. The van der Waals surface area contributed by atoms with E-state index in [1.165, 1.54) is 18.8 Å². The Morgan fingerprint density at radius 2 is 2.17 bits per heavy atom. The van der Waals surface area contributed by atoms with Gasteiger partial charge >= 0.3 is 0 Å². The summed E-state index contributed by atoms with van der Waals surface area (Å²) < 4.78 is 6.01. The van der Waals surface area contributed by atoms with Gasteiger partial charge in [0.1, 0.15) is 13.1 Å². The molecule has 0 amide bonds. The second kappa shape index (κ2) is 2.45. The van der Waals surface area contributed by atoms with E-state index in [2.05, 4.69) is 18.1 Å². The van der Waals surface area contributed by atoms with Crippen LogP contribution in [0.5, 0.6) is 5.88 Å². The average Bonchev–Trinajstić information content (AvgIpc) is 2.85. The van der Waals surface area contributed by atoms with Gasteiger partial charge in [0.15, 0.2) is 5.69 Å². The lowest BCUT2D eigenvalue weighted by Gasteiger charge is -2.09. The third kappa shape index (κ3) is 1.16. The number of rotatable bonds is 2. The smallest absolute Gasteiger partial charge is 0.213 e. The molecule has 1 aliphatic rings. The molecule has 0 bridgehead atoms. The molecule has 3 nitrogen and oxygen atoms in total. The molecule has 0 spiro atoms. The maximum absolute atomic E-state index is 4.98. The molecule has 1 saturated heterocycles. The molecular formula is C9H13N2O+. The summed E-state index contributed by atoms with van der Waals surface area (Å²) in [5.41, 5.74) is 1.27. The number of nitrogens with zero attached hydrogens (tertiary/aromatic N) is 2. The number of pyridine rings is 1. The molecule has 0 aromatic carbocycles. The Morgan fingerprint density at radius 3 is 2.58 bits per heavy atom. The topological polar surface area (TPSA) is 22.1 Å². The highest BCUT2D eigenvalue weighted by Crippen LogP contribution is 2.29. The molecule has 1 fully saturated rings. The lowest BCUT2D eigenvalue weighted by Crippen LogP contribution is -2.18. The molecule has 0 unspecified atom stereocenters. The van der Waals surface area contributed by atoms with Crippen LogP contribution in [0, 0.1) is 0 Å². The van der Waals surface area contributed by atoms with Crippen molar-refractivity contribution < 1.29 is 4.74 Å². The first-order valence-corrected chi connectivity index (χ1v) is 4.10. The van der Waals surface area contributed by atoms with E-state index in [-0.39, 0.29) is 0 Å². The van der Waals surface area contributed by atoms with Crippen LogP contribution in [0.2, 0.25) is 0 Å². The Morgan fingerprint density at radius 1 is 1.42 bits per heavy atom. The Hall–Kier alpha value is -1.09. The van der Waals surface area contributed by atoms with Gasteiger partial charge in [0.2, 0.25) is 5.88 Å². The lowest BCUT2D eigenvalue weighted by atomic mass is 10.4. The zero-order chi connectivity index (χ0) is 8.60. The van der Waals surface area contributed by atoms with Gasteiger partial charge in [0.05, 0.1) is 20.4 Å².